The van der Waals surface area contributed by atoms with Crippen molar-refractivity contribution in [3.63, 3.8) is 0 Å². The number of nitrogens with zero attached hydrogens (tertiary/aromatic N) is 4. The molecule has 202 valence electrons. The number of aliphatic hydroxyl groups is 1. The van der Waals surface area contributed by atoms with Gasteiger partial charge in [-0.25, -0.2) is 14.5 Å². The molecule has 0 amide bonds. The van der Waals surface area contributed by atoms with Gasteiger partial charge in [-0.1, -0.05) is 18.3 Å². The number of ether oxygens (including phenoxy) is 3. The van der Waals surface area contributed by atoms with Crippen LogP contribution in [0, 0.1) is 0 Å². The molecule has 0 bridgehead atoms. The second-order valence-electron chi connectivity index (χ2n) is 8.08. The standard InChI is InChI=1S/C20H32FN6O7PS/c1-6-31-16-13-15(24-19(22)25-16)27(10-23-13)18-20(5,21)14(28)12(34-18)9-33-35(30,36-8-3)26-11(4)17(29)32-7-2/h10-12,14,18,28H,6-9H2,1-5H3,(H,26,30)(H2,22,24,25)/t11?,12-,14-,18-,20-,35?/m1/s1. The Kier molecular flexibility index (Phi) is 9.17. The number of hydrogen-bond donors (Lipinski definition) is 3. The number of nitrogens with one attached hydrogen (secondary N) is 1. The Hall–Kier alpha value is -2.03. The molecule has 1 saturated heterocycles. The quantitative estimate of drug-likeness (QED) is 0.260. The summed E-state index contributed by atoms with van der Waals surface area (Å²) in [7, 11) is 0. The van der Waals surface area contributed by atoms with Gasteiger partial charge in [0, 0.05) is 5.75 Å². The molecule has 0 saturated carbocycles. The number of nitrogen functional groups attached to an aromatic ring is 1. The summed E-state index contributed by atoms with van der Waals surface area (Å²) < 4.78 is 52.2. The lowest BCUT2D eigenvalue weighted by Gasteiger charge is -2.25. The van der Waals surface area contributed by atoms with Crippen LogP contribution < -0.4 is 15.6 Å². The highest BCUT2D eigenvalue weighted by Gasteiger charge is 2.56. The highest BCUT2D eigenvalue weighted by Crippen LogP contribution is 2.57. The van der Waals surface area contributed by atoms with Crippen molar-refractivity contribution in [2.24, 2.45) is 0 Å². The molecule has 36 heavy (non-hydrogen) atoms. The van der Waals surface area contributed by atoms with Crippen molar-refractivity contribution in [2.45, 2.75) is 64.8 Å². The SMILES string of the molecule is CCOC(=O)C(C)NP(=O)(OC[C@H]1O[C@@H](n2cnc3c(OCC)nc(N)nc32)[C@](C)(F)[C@@H]1O)SCC. The molecule has 2 aromatic heterocycles. The predicted octanol–water partition coefficient (Wildman–Crippen LogP) is 2.21. The largest absolute Gasteiger partial charge is 0.476 e. The molecule has 1 fully saturated rings. The number of nitrogens with two attached hydrogens (primary N) is 1. The zero-order valence-electron chi connectivity index (χ0n) is 20.7. The van der Waals surface area contributed by atoms with Crippen LogP contribution >= 0.6 is 18.1 Å². The Bertz CT molecular complexity index is 1120. The maximum absolute atomic E-state index is 15.8. The molecule has 3 rings (SSSR count). The Labute approximate surface area is 211 Å². The van der Waals surface area contributed by atoms with Gasteiger partial charge in [-0.05, 0) is 27.7 Å². The first kappa shape index (κ1) is 28.5. The van der Waals surface area contributed by atoms with Crippen LogP contribution in [0.5, 0.6) is 5.88 Å². The van der Waals surface area contributed by atoms with E-state index in [1.165, 1.54) is 24.7 Å². The molecule has 2 aromatic rings. The van der Waals surface area contributed by atoms with E-state index in [0.717, 1.165) is 11.4 Å². The first-order valence-electron chi connectivity index (χ1n) is 11.5. The highest BCUT2D eigenvalue weighted by atomic mass is 32.7. The van der Waals surface area contributed by atoms with Gasteiger partial charge >= 0.3 is 12.7 Å². The van der Waals surface area contributed by atoms with Crippen LogP contribution in [0.1, 0.15) is 40.8 Å². The average molecular weight is 551 g/mol. The van der Waals surface area contributed by atoms with E-state index in [9.17, 15) is 14.5 Å². The van der Waals surface area contributed by atoms with Crippen LogP contribution in [0.4, 0.5) is 10.3 Å². The van der Waals surface area contributed by atoms with Gasteiger partial charge in [-0.2, -0.15) is 9.97 Å². The third-order valence-corrected chi connectivity index (χ3v) is 9.57. The first-order valence-corrected chi connectivity index (χ1v) is 14.7. The lowest BCUT2D eigenvalue weighted by molar-refractivity contribution is -0.144. The fourth-order valence-electron chi connectivity index (χ4n) is 3.68. The van der Waals surface area contributed by atoms with E-state index in [4.69, 9.17) is 24.5 Å². The summed E-state index contributed by atoms with van der Waals surface area (Å²) >= 11 is 0.959. The number of fused-ring (bicyclic) bond motifs is 1. The molecular formula is C20H32FN6O7PS. The van der Waals surface area contributed by atoms with Crippen LogP contribution in [-0.4, -0.2) is 80.1 Å². The van der Waals surface area contributed by atoms with Crippen LogP contribution in [-0.2, 0) is 23.4 Å². The average Bonchev–Trinajstić information content (AvgIpc) is 3.31. The topological polar surface area (TPSA) is 173 Å². The molecule has 2 unspecified atom stereocenters. The summed E-state index contributed by atoms with van der Waals surface area (Å²) in [5.41, 5.74) is 3.89. The molecule has 1 aliphatic heterocycles. The monoisotopic (exact) mass is 550 g/mol. The van der Waals surface area contributed by atoms with Crippen molar-refractivity contribution < 1.29 is 37.6 Å². The Morgan fingerprint density at radius 1 is 1.42 bits per heavy atom. The molecule has 0 aromatic carbocycles. The Morgan fingerprint density at radius 2 is 2.14 bits per heavy atom. The molecule has 3 heterocycles. The molecule has 0 radical (unpaired) electrons. The second-order valence-corrected chi connectivity index (χ2v) is 12.6. The van der Waals surface area contributed by atoms with Gasteiger partial charge in [0.2, 0.25) is 11.8 Å². The number of alkyl halides is 1. The van der Waals surface area contributed by atoms with Gasteiger partial charge < -0.3 is 29.6 Å². The number of rotatable bonds is 12. The third kappa shape index (κ3) is 5.92. The highest BCUT2D eigenvalue weighted by molar-refractivity contribution is 8.56. The lowest BCUT2D eigenvalue weighted by atomic mass is 9.98. The van der Waals surface area contributed by atoms with E-state index in [-0.39, 0.29) is 29.6 Å². The number of carbonyl (C=O) groups is 1. The number of aromatic nitrogens is 4. The van der Waals surface area contributed by atoms with Crippen molar-refractivity contribution >= 4 is 41.2 Å². The van der Waals surface area contributed by atoms with E-state index < -0.39 is 49.4 Å². The zero-order chi connectivity index (χ0) is 26.7. The number of esters is 1. The van der Waals surface area contributed by atoms with E-state index in [1.807, 2.05) is 0 Å². The summed E-state index contributed by atoms with van der Waals surface area (Å²) in [5.74, 6) is -0.156. The summed E-state index contributed by atoms with van der Waals surface area (Å²) in [5, 5.41) is 13.4. The van der Waals surface area contributed by atoms with Crippen LogP contribution in [0.3, 0.4) is 0 Å². The Morgan fingerprint density at radius 3 is 2.78 bits per heavy atom. The van der Waals surface area contributed by atoms with Gasteiger partial charge in [0.05, 0.1) is 26.1 Å². The Balaban J connectivity index is 1.81. The maximum Gasteiger partial charge on any atom is 0.327 e. The van der Waals surface area contributed by atoms with Gasteiger partial charge in [-0.3, -0.25) is 13.9 Å². The molecule has 16 heteroatoms. The molecule has 0 spiro atoms. The summed E-state index contributed by atoms with van der Waals surface area (Å²) in [6, 6.07) is -0.912. The fourth-order valence-corrected chi connectivity index (χ4v) is 7.29. The molecule has 1 aliphatic rings. The van der Waals surface area contributed by atoms with E-state index in [0.29, 0.717) is 12.4 Å². The van der Waals surface area contributed by atoms with Gasteiger partial charge in [-0.15, -0.1) is 0 Å². The minimum atomic E-state index is -3.63. The van der Waals surface area contributed by atoms with Gasteiger partial charge in [0.15, 0.2) is 23.1 Å². The molecular weight excluding hydrogens is 518 g/mol. The van der Waals surface area contributed by atoms with Crippen LogP contribution in [0.2, 0.25) is 0 Å². The number of anilines is 1. The number of aliphatic hydroxyl groups excluding tert-OH is 1. The van der Waals surface area contributed by atoms with E-state index >= 15 is 4.39 Å². The van der Waals surface area contributed by atoms with Gasteiger partial charge in [0.1, 0.15) is 18.2 Å². The first-order chi connectivity index (χ1) is 17.0. The van der Waals surface area contributed by atoms with E-state index in [1.54, 1.807) is 20.8 Å². The predicted molar refractivity (Wildman–Crippen MR) is 131 cm³/mol. The zero-order valence-corrected chi connectivity index (χ0v) is 22.4. The normalized spacial score (nSPS) is 26.6. The summed E-state index contributed by atoms with van der Waals surface area (Å²) in [6.07, 6.45) is -2.91. The van der Waals surface area contributed by atoms with Crippen LogP contribution in [0.25, 0.3) is 11.2 Å². The third-order valence-electron chi connectivity index (χ3n) is 5.36. The number of halogens is 1. The maximum atomic E-state index is 15.8. The van der Waals surface area contributed by atoms with Gasteiger partial charge in [0.25, 0.3) is 0 Å². The number of carbonyl (C=O) groups excluding carboxylic acids is 1. The summed E-state index contributed by atoms with van der Waals surface area (Å²) in [6.45, 7) is 4.27. The lowest BCUT2D eigenvalue weighted by Crippen LogP contribution is -2.41. The second kappa shape index (κ2) is 11.6. The minimum Gasteiger partial charge on any atom is -0.476 e. The smallest absolute Gasteiger partial charge is 0.327 e. The minimum absolute atomic E-state index is 0.106. The van der Waals surface area contributed by atoms with Crippen LogP contribution in [0.15, 0.2) is 6.33 Å². The number of imidazole rings is 1. The van der Waals surface area contributed by atoms with Crippen molar-refractivity contribution in [3.05, 3.63) is 6.33 Å². The molecule has 0 aliphatic carbocycles. The van der Waals surface area contributed by atoms with Crippen molar-refractivity contribution in [2.75, 3.05) is 31.3 Å². The molecule has 4 N–H and O–H groups in total. The molecule has 13 nitrogen and oxygen atoms in total. The number of hydrogen-bond acceptors (Lipinski definition) is 12. The molecule has 6 atom stereocenters. The fraction of sp³-hybridized carbons (Fsp3) is 0.700. The van der Waals surface area contributed by atoms with Crippen molar-refractivity contribution in [3.8, 4) is 5.88 Å². The summed E-state index contributed by atoms with van der Waals surface area (Å²) in [4.78, 5) is 24.3. The van der Waals surface area contributed by atoms with E-state index in [2.05, 4.69) is 20.0 Å². The van der Waals surface area contributed by atoms with Crippen molar-refractivity contribution in [1.29, 1.82) is 0 Å². The van der Waals surface area contributed by atoms with Crippen molar-refractivity contribution in [1.82, 2.24) is 24.6 Å².